The van der Waals surface area contributed by atoms with Crippen LogP contribution in [0, 0.1) is 5.82 Å². The first kappa shape index (κ1) is 11.0. The van der Waals surface area contributed by atoms with Gasteiger partial charge in [-0.15, -0.1) is 0 Å². The molecule has 2 nitrogen and oxygen atoms in total. The van der Waals surface area contributed by atoms with Gasteiger partial charge >= 0.3 is 0 Å². The second kappa shape index (κ2) is 4.60. The van der Waals surface area contributed by atoms with Gasteiger partial charge in [-0.2, -0.15) is 0 Å². The number of aliphatic hydroxyl groups excluding tert-OH is 1. The molecule has 1 heterocycles. The second-order valence-electron chi connectivity index (χ2n) is 3.35. The highest BCUT2D eigenvalue weighted by Gasteiger charge is 2.13. The number of aromatic nitrogens is 1. The molecule has 4 heteroatoms. The van der Waals surface area contributed by atoms with Crippen molar-refractivity contribution in [2.24, 2.45) is 0 Å². The smallest absolute Gasteiger partial charge is 0.123 e. The zero-order valence-corrected chi connectivity index (χ0v) is 9.03. The Morgan fingerprint density at radius 2 is 2.12 bits per heavy atom. The number of rotatable bonds is 2. The molecule has 1 aromatic heterocycles. The normalized spacial score (nSPS) is 12.4. The minimum absolute atomic E-state index is 0.360. The zero-order chi connectivity index (χ0) is 11.5. The van der Waals surface area contributed by atoms with Crippen LogP contribution in [-0.4, -0.2) is 10.1 Å². The molecule has 1 aromatic carbocycles. The van der Waals surface area contributed by atoms with Crippen molar-refractivity contribution in [2.75, 3.05) is 0 Å². The molecule has 1 unspecified atom stereocenters. The summed E-state index contributed by atoms with van der Waals surface area (Å²) in [6, 6.07) is 7.40. The summed E-state index contributed by atoms with van der Waals surface area (Å²) in [4.78, 5) is 3.82. The molecule has 0 aliphatic heterocycles. The van der Waals surface area contributed by atoms with Gasteiger partial charge in [0.25, 0.3) is 0 Å². The molecular formula is C12H9ClFNO. The van der Waals surface area contributed by atoms with Gasteiger partial charge in [0.1, 0.15) is 11.9 Å². The predicted molar refractivity (Wildman–Crippen MR) is 59.7 cm³/mol. The lowest BCUT2D eigenvalue weighted by Gasteiger charge is -2.12. The van der Waals surface area contributed by atoms with Crippen molar-refractivity contribution in [1.82, 2.24) is 4.98 Å². The summed E-state index contributed by atoms with van der Waals surface area (Å²) < 4.78 is 13.0. The van der Waals surface area contributed by atoms with E-state index < -0.39 is 6.10 Å². The van der Waals surface area contributed by atoms with Gasteiger partial charge in [-0.25, -0.2) is 4.39 Å². The van der Waals surface area contributed by atoms with Crippen LogP contribution in [-0.2, 0) is 0 Å². The Morgan fingerprint density at radius 3 is 2.81 bits per heavy atom. The molecule has 0 aliphatic carbocycles. The van der Waals surface area contributed by atoms with E-state index in [1.807, 2.05) is 0 Å². The van der Waals surface area contributed by atoms with E-state index in [1.54, 1.807) is 18.2 Å². The molecule has 1 N–H and O–H groups in total. The minimum Gasteiger partial charge on any atom is -0.384 e. The summed E-state index contributed by atoms with van der Waals surface area (Å²) >= 11 is 5.89. The molecule has 0 saturated carbocycles. The Balaban J connectivity index is 2.39. The quantitative estimate of drug-likeness (QED) is 0.871. The minimum atomic E-state index is -0.939. The zero-order valence-electron chi connectivity index (χ0n) is 8.27. The average molecular weight is 238 g/mol. The van der Waals surface area contributed by atoms with Gasteiger partial charge in [0, 0.05) is 18.0 Å². The van der Waals surface area contributed by atoms with Gasteiger partial charge in [-0.3, -0.25) is 4.98 Å². The Kier molecular flexibility index (Phi) is 3.17. The van der Waals surface area contributed by atoms with Gasteiger partial charge in [-0.05, 0) is 23.8 Å². The van der Waals surface area contributed by atoms with E-state index in [2.05, 4.69) is 4.98 Å². The van der Waals surface area contributed by atoms with E-state index in [4.69, 9.17) is 11.6 Å². The van der Waals surface area contributed by atoms with E-state index in [-0.39, 0.29) is 5.82 Å². The fraction of sp³-hybridized carbons (Fsp3) is 0.0833. The summed E-state index contributed by atoms with van der Waals surface area (Å²) in [6.45, 7) is 0. The number of hydrogen-bond donors (Lipinski definition) is 1. The van der Waals surface area contributed by atoms with Crippen molar-refractivity contribution in [3.63, 3.8) is 0 Å². The third kappa shape index (κ3) is 2.21. The van der Waals surface area contributed by atoms with Crippen molar-refractivity contribution in [2.45, 2.75) is 6.10 Å². The second-order valence-corrected chi connectivity index (χ2v) is 3.76. The van der Waals surface area contributed by atoms with Gasteiger partial charge in [0.15, 0.2) is 0 Å². The SMILES string of the molecule is OC(c1cccc(F)c1)c1ccncc1Cl. The van der Waals surface area contributed by atoms with Crippen LogP contribution in [0.3, 0.4) is 0 Å². The van der Waals surface area contributed by atoms with Crippen molar-refractivity contribution in [3.05, 3.63) is 64.7 Å². The lowest BCUT2D eigenvalue weighted by molar-refractivity contribution is 0.220. The van der Waals surface area contributed by atoms with Crippen LogP contribution in [0.4, 0.5) is 4.39 Å². The highest BCUT2D eigenvalue weighted by atomic mass is 35.5. The number of pyridine rings is 1. The lowest BCUT2D eigenvalue weighted by Crippen LogP contribution is -2.01. The van der Waals surface area contributed by atoms with E-state index >= 15 is 0 Å². The molecule has 0 aliphatic rings. The van der Waals surface area contributed by atoms with Crippen LogP contribution >= 0.6 is 11.6 Å². The van der Waals surface area contributed by atoms with E-state index in [0.29, 0.717) is 16.1 Å². The molecule has 0 saturated heterocycles. The van der Waals surface area contributed by atoms with Crippen LogP contribution in [0.25, 0.3) is 0 Å². The topological polar surface area (TPSA) is 33.1 Å². The molecule has 0 spiro atoms. The molecule has 0 radical (unpaired) electrons. The molecule has 1 atom stereocenters. The first-order valence-electron chi connectivity index (χ1n) is 4.71. The van der Waals surface area contributed by atoms with Gasteiger partial charge < -0.3 is 5.11 Å². The number of halogens is 2. The average Bonchev–Trinajstić information content (AvgIpc) is 2.29. The number of nitrogens with zero attached hydrogens (tertiary/aromatic N) is 1. The van der Waals surface area contributed by atoms with Gasteiger partial charge in [0.2, 0.25) is 0 Å². The molecule has 16 heavy (non-hydrogen) atoms. The van der Waals surface area contributed by atoms with E-state index in [9.17, 15) is 9.50 Å². The Hall–Kier alpha value is -1.45. The molecule has 0 amide bonds. The largest absolute Gasteiger partial charge is 0.384 e. The summed E-state index contributed by atoms with van der Waals surface area (Å²) in [7, 11) is 0. The van der Waals surface area contributed by atoms with Crippen molar-refractivity contribution < 1.29 is 9.50 Å². The number of benzene rings is 1. The summed E-state index contributed by atoms with van der Waals surface area (Å²) in [5.74, 6) is -0.387. The number of aliphatic hydroxyl groups is 1. The first-order chi connectivity index (χ1) is 7.68. The third-order valence-corrected chi connectivity index (χ3v) is 2.58. The fourth-order valence-electron chi connectivity index (χ4n) is 1.46. The maximum atomic E-state index is 13.0. The molecule has 2 aromatic rings. The third-order valence-electron chi connectivity index (χ3n) is 2.26. The van der Waals surface area contributed by atoms with Gasteiger partial charge in [-0.1, -0.05) is 23.7 Å². The maximum Gasteiger partial charge on any atom is 0.123 e. The molecule has 0 fully saturated rings. The van der Waals surface area contributed by atoms with E-state index in [1.165, 1.54) is 24.5 Å². The fourth-order valence-corrected chi connectivity index (χ4v) is 1.69. The highest BCUT2D eigenvalue weighted by molar-refractivity contribution is 6.31. The standard InChI is InChI=1S/C12H9ClFNO/c13-11-7-15-5-4-10(11)12(16)8-2-1-3-9(14)6-8/h1-7,12,16H. The molecule has 2 rings (SSSR count). The highest BCUT2D eigenvalue weighted by Crippen LogP contribution is 2.27. The summed E-state index contributed by atoms with van der Waals surface area (Å²) in [5.41, 5.74) is 0.982. The molecular weight excluding hydrogens is 229 g/mol. The van der Waals surface area contributed by atoms with Gasteiger partial charge in [0.05, 0.1) is 5.02 Å². The molecule has 82 valence electrons. The lowest BCUT2D eigenvalue weighted by atomic mass is 10.0. The summed E-state index contributed by atoms with van der Waals surface area (Å²) in [6.07, 6.45) is 2.04. The van der Waals surface area contributed by atoms with Crippen molar-refractivity contribution in [1.29, 1.82) is 0 Å². The van der Waals surface area contributed by atoms with Crippen LogP contribution < -0.4 is 0 Å². The molecule has 0 bridgehead atoms. The predicted octanol–water partition coefficient (Wildman–Crippen LogP) is 2.96. The monoisotopic (exact) mass is 237 g/mol. The maximum absolute atomic E-state index is 13.0. The Bertz CT molecular complexity index is 504. The van der Waals surface area contributed by atoms with Crippen LogP contribution in [0.2, 0.25) is 5.02 Å². The summed E-state index contributed by atoms with van der Waals surface area (Å²) in [5, 5.41) is 10.4. The Morgan fingerprint density at radius 1 is 1.31 bits per heavy atom. The van der Waals surface area contributed by atoms with Crippen LogP contribution in [0.5, 0.6) is 0 Å². The number of hydrogen-bond acceptors (Lipinski definition) is 2. The first-order valence-corrected chi connectivity index (χ1v) is 5.09. The van der Waals surface area contributed by atoms with Crippen molar-refractivity contribution >= 4 is 11.6 Å². The van der Waals surface area contributed by atoms with E-state index in [0.717, 1.165) is 0 Å². The van der Waals surface area contributed by atoms with Crippen LogP contribution in [0.15, 0.2) is 42.7 Å². The van der Waals surface area contributed by atoms with Crippen LogP contribution in [0.1, 0.15) is 17.2 Å². The Labute approximate surface area is 97.3 Å². The van der Waals surface area contributed by atoms with Crippen molar-refractivity contribution in [3.8, 4) is 0 Å².